The predicted octanol–water partition coefficient (Wildman–Crippen LogP) is 3.55. The third-order valence-corrected chi connectivity index (χ3v) is 6.37. The molecule has 0 aromatic heterocycles. The number of carboxylic acids is 1. The fourth-order valence-corrected chi connectivity index (χ4v) is 4.34. The van der Waals surface area contributed by atoms with Crippen LogP contribution in [0.25, 0.3) is 0 Å². The van der Waals surface area contributed by atoms with Crippen molar-refractivity contribution in [3.8, 4) is 0 Å². The Balaban J connectivity index is 1.85. The van der Waals surface area contributed by atoms with Crippen molar-refractivity contribution in [1.29, 1.82) is 0 Å². The Bertz CT molecular complexity index is 444. The molecule has 0 radical (unpaired) electrons. The molecule has 1 rings (SSSR count). The summed E-state index contributed by atoms with van der Waals surface area (Å²) in [6, 6.07) is 0. The highest BCUT2D eigenvalue weighted by Gasteiger charge is 2.42. The molecule has 1 fully saturated rings. The van der Waals surface area contributed by atoms with E-state index in [0.717, 1.165) is 38.5 Å². The molecular formula is C24H46O7. The molecule has 0 bridgehead atoms. The second-order valence-electron chi connectivity index (χ2n) is 9.10. The normalized spacial score (nSPS) is 26.3. The lowest BCUT2D eigenvalue weighted by Gasteiger charge is -2.40. The zero-order chi connectivity index (χ0) is 22.9. The van der Waals surface area contributed by atoms with Crippen molar-refractivity contribution in [2.24, 2.45) is 0 Å². The number of hydrogen-bond donors (Lipinski definition) is 5. The summed E-state index contributed by atoms with van der Waals surface area (Å²) in [5, 5.41) is 47.4. The lowest BCUT2D eigenvalue weighted by atomic mass is 9.92. The van der Waals surface area contributed by atoms with Gasteiger partial charge in [-0.05, 0) is 12.8 Å². The van der Waals surface area contributed by atoms with Gasteiger partial charge in [-0.2, -0.15) is 0 Å². The number of rotatable bonds is 19. The summed E-state index contributed by atoms with van der Waals surface area (Å²) >= 11 is 0. The van der Waals surface area contributed by atoms with Crippen LogP contribution in [0.1, 0.15) is 109 Å². The van der Waals surface area contributed by atoms with Crippen LogP contribution in [0.4, 0.5) is 0 Å². The second-order valence-corrected chi connectivity index (χ2v) is 9.10. The molecule has 1 saturated heterocycles. The fourth-order valence-electron chi connectivity index (χ4n) is 4.34. The highest BCUT2D eigenvalue weighted by atomic mass is 16.5. The average Bonchev–Trinajstić information content (AvgIpc) is 2.75. The quantitative estimate of drug-likeness (QED) is 0.192. The van der Waals surface area contributed by atoms with Crippen molar-refractivity contribution < 1.29 is 35.1 Å². The maximum atomic E-state index is 10.4. The first kappa shape index (κ1) is 28.3. The maximum Gasteiger partial charge on any atom is 0.303 e. The smallest absolute Gasteiger partial charge is 0.303 e. The van der Waals surface area contributed by atoms with E-state index < -0.39 is 36.5 Å². The third kappa shape index (κ3) is 12.8. The lowest BCUT2D eigenvalue weighted by Crippen LogP contribution is -2.58. The lowest BCUT2D eigenvalue weighted by molar-refractivity contribution is -0.230. The monoisotopic (exact) mass is 446 g/mol. The highest BCUT2D eigenvalue weighted by Crippen LogP contribution is 2.25. The second kappa shape index (κ2) is 17.8. The van der Waals surface area contributed by atoms with E-state index >= 15 is 0 Å². The van der Waals surface area contributed by atoms with E-state index in [2.05, 4.69) is 0 Å². The van der Waals surface area contributed by atoms with Gasteiger partial charge in [0.25, 0.3) is 0 Å². The van der Waals surface area contributed by atoms with Crippen LogP contribution >= 0.6 is 0 Å². The molecule has 5 atom stereocenters. The van der Waals surface area contributed by atoms with Crippen molar-refractivity contribution >= 4 is 5.97 Å². The Morgan fingerprint density at radius 3 is 1.39 bits per heavy atom. The number of unbranched alkanes of at least 4 members (excludes halogenated alkanes) is 14. The molecule has 0 saturated carbocycles. The number of carbonyl (C=O) groups is 1. The summed E-state index contributed by atoms with van der Waals surface area (Å²) < 4.78 is 5.53. The first-order valence-corrected chi connectivity index (χ1v) is 12.5. The Hall–Kier alpha value is -0.730. The van der Waals surface area contributed by atoms with Gasteiger partial charge >= 0.3 is 5.97 Å². The Kier molecular flexibility index (Phi) is 16.2. The van der Waals surface area contributed by atoms with E-state index in [1.54, 1.807) is 0 Å². The predicted molar refractivity (Wildman–Crippen MR) is 120 cm³/mol. The molecule has 7 heteroatoms. The third-order valence-electron chi connectivity index (χ3n) is 6.37. The molecule has 0 aromatic carbocycles. The van der Waals surface area contributed by atoms with Crippen LogP contribution in [0.15, 0.2) is 0 Å². The molecule has 0 aromatic rings. The summed E-state index contributed by atoms with van der Waals surface area (Å²) in [5.74, 6) is -0.687. The van der Waals surface area contributed by atoms with Crippen molar-refractivity contribution in [2.75, 3.05) is 6.61 Å². The van der Waals surface area contributed by atoms with Crippen LogP contribution in [0, 0.1) is 0 Å². The minimum atomic E-state index is -1.26. The molecule has 0 amide bonds. The molecular weight excluding hydrogens is 400 g/mol. The number of ether oxygens (including phenoxy) is 1. The number of aliphatic carboxylic acids is 1. The maximum absolute atomic E-state index is 10.4. The summed E-state index contributed by atoms with van der Waals surface area (Å²) in [6.45, 7) is -0.365. The first-order chi connectivity index (χ1) is 15.0. The van der Waals surface area contributed by atoms with Gasteiger partial charge in [-0.1, -0.05) is 89.9 Å². The summed E-state index contributed by atoms with van der Waals surface area (Å²) in [7, 11) is 0. The van der Waals surface area contributed by atoms with Crippen molar-refractivity contribution in [1.82, 2.24) is 0 Å². The van der Waals surface area contributed by atoms with Gasteiger partial charge in [0.2, 0.25) is 0 Å². The number of aliphatic hydroxyl groups is 4. The van der Waals surface area contributed by atoms with E-state index in [1.807, 2.05) is 0 Å². The van der Waals surface area contributed by atoms with Gasteiger partial charge in [-0.15, -0.1) is 0 Å². The number of carboxylic acid groups (broad SMARTS) is 1. The zero-order valence-electron chi connectivity index (χ0n) is 19.2. The van der Waals surface area contributed by atoms with Gasteiger partial charge in [0, 0.05) is 6.42 Å². The van der Waals surface area contributed by atoms with E-state index in [9.17, 15) is 25.2 Å². The van der Waals surface area contributed by atoms with E-state index in [-0.39, 0.29) is 6.61 Å². The standard InChI is InChI=1S/C24H46O7/c25-18-20-23(29)24(30)22(28)19(31-20)16-14-12-10-8-6-4-2-1-3-5-7-9-11-13-15-17-21(26)27/h19-20,22-25,28-30H,1-18H2,(H,26,27)/t19?,20-,22+,23+,24-/m1/s1. The molecule has 184 valence electrons. The van der Waals surface area contributed by atoms with Crippen LogP contribution in [0.2, 0.25) is 0 Å². The largest absolute Gasteiger partial charge is 0.481 e. The minimum absolute atomic E-state index is 0.304. The fraction of sp³-hybridized carbons (Fsp3) is 0.958. The van der Waals surface area contributed by atoms with Crippen LogP contribution < -0.4 is 0 Å². The van der Waals surface area contributed by atoms with Gasteiger partial charge in [0.05, 0.1) is 12.7 Å². The van der Waals surface area contributed by atoms with Gasteiger partial charge in [0.15, 0.2) is 0 Å². The molecule has 31 heavy (non-hydrogen) atoms. The van der Waals surface area contributed by atoms with Crippen LogP contribution in [-0.2, 0) is 9.53 Å². The van der Waals surface area contributed by atoms with Crippen molar-refractivity contribution in [3.63, 3.8) is 0 Å². The van der Waals surface area contributed by atoms with Gasteiger partial charge in [0.1, 0.15) is 24.4 Å². The zero-order valence-corrected chi connectivity index (χ0v) is 19.2. The number of aliphatic hydroxyl groups excluding tert-OH is 4. The average molecular weight is 447 g/mol. The van der Waals surface area contributed by atoms with E-state index in [4.69, 9.17) is 9.84 Å². The molecule has 0 spiro atoms. The highest BCUT2D eigenvalue weighted by molar-refractivity contribution is 5.66. The Morgan fingerprint density at radius 2 is 0.968 bits per heavy atom. The SMILES string of the molecule is O=C(O)CCCCCCCCCCCCCCCCCC1O[C@H](CO)[C@H](O)[C@H](O)[C@H]1O. The van der Waals surface area contributed by atoms with Crippen LogP contribution in [-0.4, -0.2) is 68.6 Å². The van der Waals surface area contributed by atoms with Crippen molar-refractivity contribution in [2.45, 2.75) is 140 Å². The minimum Gasteiger partial charge on any atom is -0.481 e. The molecule has 0 aliphatic carbocycles. The van der Waals surface area contributed by atoms with Crippen LogP contribution in [0.3, 0.4) is 0 Å². The van der Waals surface area contributed by atoms with E-state index in [1.165, 1.54) is 57.8 Å². The molecule has 7 nitrogen and oxygen atoms in total. The van der Waals surface area contributed by atoms with Gasteiger partial charge in [-0.25, -0.2) is 0 Å². The number of hydrogen-bond acceptors (Lipinski definition) is 6. The van der Waals surface area contributed by atoms with E-state index in [0.29, 0.717) is 12.8 Å². The molecule has 1 aliphatic rings. The van der Waals surface area contributed by atoms with Gasteiger partial charge < -0.3 is 30.3 Å². The first-order valence-electron chi connectivity index (χ1n) is 12.5. The summed E-state index contributed by atoms with van der Waals surface area (Å²) in [5.41, 5.74) is 0. The van der Waals surface area contributed by atoms with Crippen LogP contribution in [0.5, 0.6) is 0 Å². The topological polar surface area (TPSA) is 127 Å². The summed E-state index contributed by atoms with van der Waals surface area (Å²) in [6.07, 6.45) is 13.5. The summed E-state index contributed by atoms with van der Waals surface area (Å²) in [4.78, 5) is 10.4. The van der Waals surface area contributed by atoms with Gasteiger partial charge in [-0.3, -0.25) is 4.79 Å². The molecule has 1 aliphatic heterocycles. The Labute approximate surface area is 187 Å². The molecule has 1 heterocycles. The van der Waals surface area contributed by atoms with Crippen molar-refractivity contribution in [3.05, 3.63) is 0 Å². The molecule has 1 unspecified atom stereocenters. The Morgan fingerprint density at radius 1 is 0.581 bits per heavy atom. The molecule has 5 N–H and O–H groups in total.